The molecule has 0 aliphatic carbocycles. The average molecular weight is 342 g/mol. The molecule has 1 fully saturated rings. The minimum atomic E-state index is -0.383. The van der Waals surface area contributed by atoms with Gasteiger partial charge >= 0.3 is 6.03 Å². The minimum Gasteiger partial charge on any atom is -0.391 e. The van der Waals surface area contributed by atoms with Gasteiger partial charge in [0.1, 0.15) is 0 Å². The number of aliphatic hydroxyl groups is 1. The summed E-state index contributed by atoms with van der Waals surface area (Å²) >= 11 is 0. The van der Waals surface area contributed by atoms with Crippen LogP contribution in [0, 0.1) is 6.92 Å². The molecule has 2 N–H and O–H groups in total. The molecular weight excluding hydrogens is 316 g/mol. The van der Waals surface area contributed by atoms with Crippen LogP contribution in [0.15, 0.2) is 36.5 Å². The van der Waals surface area contributed by atoms with E-state index in [0.29, 0.717) is 13.1 Å². The molecule has 25 heavy (non-hydrogen) atoms. The van der Waals surface area contributed by atoms with Crippen LogP contribution in [-0.2, 0) is 6.42 Å². The molecular formula is C19H26N4O2. The third-order valence-corrected chi connectivity index (χ3v) is 4.60. The summed E-state index contributed by atoms with van der Waals surface area (Å²) in [5.74, 6) is 0. The zero-order chi connectivity index (χ0) is 17.6. The summed E-state index contributed by atoms with van der Waals surface area (Å²) in [5.41, 5.74) is 3.27. The zero-order valence-electron chi connectivity index (χ0n) is 14.7. The molecule has 6 nitrogen and oxygen atoms in total. The first kappa shape index (κ1) is 17.5. The number of nitrogens with zero attached hydrogens (tertiary/aromatic N) is 3. The number of hydrogen-bond donors (Lipinski definition) is 2. The Morgan fingerprint density at radius 1 is 1.36 bits per heavy atom. The molecule has 3 rings (SSSR count). The molecule has 2 amide bonds. The van der Waals surface area contributed by atoms with Crippen molar-refractivity contribution >= 4 is 6.03 Å². The van der Waals surface area contributed by atoms with Gasteiger partial charge in [-0.15, -0.1) is 0 Å². The van der Waals surface area contributed by atoms with Gasteiger partial charge in [-0.2, -0.15) is 5.10 Å². The highest BCUT2D eigenvalue weighted by Crippen LogP contribution is 2.13. The fourth-order valence-electron chi connectivity index (χ4n) is 3.18. The summed E-state index contributed by atoms with van der Waals surface area (Å²) in [5, 5.41) is 17.2. The number of piperidine rings is 1. The number of hydrogen-bond acceptors (Lipinski definition) is 3. The summed E-state index contributed by atoms with van der Waals surface area (Å²) in [6.07, 6.45) is 5.07. The van der Waals surface area contributed by atoms with E-state index in [9.17, 15) is 9.90 Å². The molecule has 1 unspecified atom stereocenters. The standard InChI is InChI=1S/C19H26N4O2/c1-15-16(13-23(21-15)17-8-3-2-4-9-17)7-5-11-20-19(25)22-12-6-10-18(24)14-22/h2-4,8-9,13,18,24H,5-7,10-12,14H2,1H3,(H,20,25). The van der Waals surface area contributed by atoms with Crippen LogP contribution >= 0.6 is 0 Å². The second-order valence-electron chi connectivity index (χ2n) is 6.60. The average Bonchev–Trinajstić information content (AvgIpc) is 3.00. The molecule has 1 aliphatic heterocycles. The molecule has 1 saturated heterocycles. The van der Waals surface area contributed by atoms with E-state index in [2.05, 4.69) is 16.6 Å². The molecule has 6 heteroatoms. The predicted molar refractivity (Wildman–Crippen MR) is 96.8 cm³/mol. The van der Waals surface area contributed by atoms with E-state index in [0.717, 1.165) is 43.6 Å². The predicted octanol–water partition coefficient (Wildman–Crippen LogP) is 2.28. The van der Waals surface area contributed by atoms with Crippen molar-refractivity contribution < 1.29 is 9.90 Å². The molecule has 0 bridgehead atoms. The zero-order valence-corrected chi connectivity index (χ0v) is 14.7. The van der Waals surface area contributed by atoms with Crippen LogP contribution in [0.4, 0.5) is 4.79 Å². The molecule has 0 spiro atoms. The lowest BCUT2D eigenvalue weighted by Gasteiger charge is -2.30. The number of aromatic nitrogens is 2. The van der Waals surface area contributed by atoms with E-state index in [1.54, 1.807) is 4.90 Å². The number of amides is 2. The second kappa shape index (κ2) is 8.16. The lowest BCUT2D eigenvalue weighted by molar-refractivity contribution is 0.0843. The van der Waals surface area contributed by atoms with Crippen molar-refractivity contribution in [3.05, 3.63) is 47.8 Å². The van der Waals surface area contributed by atoms with Gasteiger partial charge < -0.3 is 15.3 Å². The van der Waals surface area contributed by atoms with Crippen molar-refractivity contribution in [2.75, 3.05) is 19.6 Å². The third-order valence-electron chi connectivity index (χ3n) is 4.60. The second-order valence-corrected chi connectivity index (χ2v) is 6.60. The first-order valence-electron chi connectivity index (χ1n) is 8.95. The molecule has 1 aromatic carbocycles. The maximum atomic E-state index is 12.1. The SMILES string of the molecule is Cc1nn(-c2ccccc2)cc1CCCNC(=O)N1CCCC(O)C1. The Bertz CT molecular complexity index is 699. The summed E-state index contributed by atoms with van der Waals surface area (Å²) in [6.45, 7) is 3.81. The highest BCUT2D eigenvalue weighted by Gasteiger charge is 2.21. The molecule has 0 saturated carbocycles. The summed E-state index contributed by atoms with van der Waals surface area (Å²) in [6, 6.07) is 9.98. The minimum absolute atomic E-state index is 0.0737. The number of β-amino-alcohol motifs (C(OH)–C–C–N with tert-alkyl or cyclic N) is 1. The Labute approximate surface area is 148 Å². The van der Waals surface area contributed by atoms with E-state index in [4.69, 9.17) is 0 Å². The van der Waals surface area contributed by atoms with E-state index in [1.165, 1.54) is 5.56 Å². The third kappa shape index (κ3) is 4.60. The number of likely N-dealkylation sites (tertiary alicyclic amines) is 1. The van der Waals surface area contributed by atoms with Gasteiger partial charge in [-0.1, -0.05) is 18.2 Å². The Morgan fingerprint density at radius 2 is 2.16 bits per heavy atom. The molecule has 1 atom stereocenters. The number of benzene rings is 1. The number of carbonyl (C=O) groups is 1. The fraction of sp³-hybridized carbons (Fsp3) is 0.474. The molecule has 2 heterocycles. The largest absolute Gasteiger partial charge is 0.391 e. The Hall–Kier alpha value is -2.34. The van der Waals surface area contributed by atoms with Crippen molar-refractivity contribution in [2.24, 2.45) is 0 Å². The summed E-state index contributed by atoms with van der Waals surface area (Å²) < 4.78 is 1.90. The number of nitrogens with one attached hydrogen (secondary N) is 1. The lowest BCUT2D eigenvalue weighted by atomic mass is 10.1. The van der Waals surface area contributed by atoms with Gasteiger partial charge in [0.15, 0.2) is 0 Å². The maximum absolute atomic E-state index is 12.1. The van der Waals surface area contributed by atoms with Gasteiger partial charge in [0, 0.05) is 25.8 Å². The van der Waals surface area contributed by atoms with Gasteiger partial charge in [0.25, 0.3) is 0 Å². The van der Waals surface area contributed by atoms with E-state index < -0.39 is 0 Å². The van der Waals surface area contributed by atoms with E-state index >= 15 is 0 Å². The molecule has 0 radical (unpaired) electrons. The van der Waals surface area contributed by atoms with Crippen LogP contribution < -0.4 is 5.32 Å². The van der Waals surface area contributed by atoms with Crippen LogP contribution in [0.2, 0.25) is 0 Å². The van der Waals surface area contributed by atoms with Gasteiger partial charge in [-0.3, -0.25) is 0 Å². The highest BCUT2D eigenvalue weighted by atomic mass is 16.3. The number of carbonyl (C=O) groups excluding carboxylic acids is 1. The van der Waals surface area contributed by atoms with Crippen LogP contribution in [-0.4, -0.2) is 51.6 Å². The van der Waals surface area contributed by atoms with Crippen LogP contribution in [0.3, 0.4) is 0 Å². The van der Waals surface area contributed by atoms with E-state index in [-0.39, 0.29) is 12.1 Å². The topological polar surface area (TPSA) is 70.4 Å². The lowest BCUT2D eigenvalue weighted by Crippen LogP contribution is -2.47. The molecule has 1 aromatic heterocycles. The summed E-state index contributed by atoms with van der Waals surface area (Å²) in [7, 11) is 0. The van der Waals surface area contributed by atoms with Crippen LogP contribution in [0.25, 0.3) is 5.69 Å². The van der Waals surface area contributed by atoms with Gasteiger partial charge in [-0.25, -0.2) is 9.48 Å². The Morgan fingerprint density at radius 3 is 2.92 bits per heavy atom. The normalized spacial score (nSPS) is 17.5. The van der Waals surface area contributed by atoms with E-state index in [1.807, 2.05) is 41.9 Å². The van der Waals surface area contributed by atoms with Gasteiger partial charge in [0.2, 0.25) is 0 Å². The first-order valence-corrected chi connectivity index (χ1v) is 8.95. The number of urea groups is 1. The van der Waals surface area contributed by atoms with Crippen molar-refractivity contribution in [3.63, 3.8) is 0 Å². The van der Waals surface area contributed by atoms with Crippen molar-refractivity contribution in [1.82, 2.24) is 20.0 Å². The Balaban J connectivity index is 1.46. The fourth-order valence-corrected chi connectivity index (χ4v) is 3.18. The maximum Gasteiger partial charge on any atom is 0.317 e. The Kier molecular flexibility index (Phi) is 5.71. The molecule has 134 valence electrons. The van der Waals surface area contributed by atoms with Crippen LogP contribution in [0.1, 0.15) is 30.5 Å². The van der Waals surface area contributed by atoms with Gasteiger partial charge in [-0.05, 0) is 50.3 Å². The highest BCUT2D eigenvalue weighted by molar-refractivity contribution is 5.74. The van der Waals surface area contributed by atoms with Crippen molar-refractivity contribution in [2.45, 2.75) is 38.7 Å². The number of para-hydroxylation sites is 1. The first-order chi connectivity index (χ1) is 12.1. The smallest absolute Gasteiger partial charge is 0.317 e. The molecule has 2 aromatic rings. The van der Waals surface area contributed by atoms with Crippen LogP contribution in [0.5, 0.6) is 0 Å². The quantitative estimate of drug-likeness (QED) is 0.819. The number of aliphatic hydroxyl groups excluding tert-OH is 1. The number of aryl methyl sites for hydroxylation is 2. The number of rotatable bonds is 5. The van der Waals surface area contributed by atoms with Crippen molar-refractivity contribution in [1.29, 1.82) is 0 Å². The molecule has 1 aliphatic rings. The van der Waals surface area contributed by atoms with Gasteiger partial charge in [0.05, 0.1) is 17.5 Å². The summed E-state index contributed by atoms with van der Waals surface area (Å²) in [4.78, 5) is 13.8. The monoisotopic (exact) mass is 342 g/mol. The van der Waals surface area contributed by atoms with Crippen molar-refractivity contribution in [3.8, 4) is 5.69 Å².